The fourth-order valence-electron chi connectivity index (χ4n) is 1.11. The van der Waals surface area contributed by atoms with Crippen LogP contribution in [0.25, 0.3) is 0 Å². The summed E-state index contributed by atoms with van der Waals surface area (Å²) in [6, 6.07) is 2.96. The van der Waals surface area contributed by atoms with Crippen LogP contribution in [0, 0.1) is 0 Å². The molecule has 0 bridgehead atoms. The molecule has 0 fully saturated rings. The van der Waals surface area contributed by atoms with E-state index in [1.54, 1.807) is 0 Å². The number of nitrogens with zero attached hydrogens (tertiary/aromatic N) is 1. The van der Waals surface area contributed by atoms with Crippen LogP contribution in [0.4, 0.5) is 0 Å². The number of nitrogens with one attached hydrogen (secondary N) is 1. The molecule has 1 aromatic rings. The smallest absolute Gasteiger partial charge is 0.242 e. The Balaban J connectivity index is 3.17. The fraction of sp³-hybridized carbons (Fsp3) is 0.333. The van der Waals surface area contributed by atoms with E-state index in [0.29, 0.717) is 13.0 Å². The van der Waals surface area contributed by atoms with E-state index in [4.69, 9.17) is 18.0 Å². The van der Waals surface area contributed by atoms with Crippen LogP contribution in [0.2, 0.25) is 0 Å². The molecule has 0 amide bonds. The monoisotopic (exact) mass is 259 g/mol. The van der Waals surface area contributed by atoms with Gasteiger partial charge in [0.05, 0.1) is 0 Å². The molecule has 0 unspecified atom stereocenters. The summed E-state index contributed by atoms with van der Waals surface area (Å²) in [7, 11) is -3.58. The lowest BCUT2D eigenvalue weighted by Crippen LogP contribution is -2.27. The Morgan fingerprint density at radius 2 is 2.31 bits per heavy atom. The first-order chi connectivity index (χ1) is 7.49. The Morgan fingerprint density at radius 1 is 1.62 bits per heavy atom. The Morgan fingerprint density at radius 3 is 2.88 bits per heavy atom. The number of rotatable bonds is 5. The summed E-state index contributed by atoms with van der Waals surface area (Å²) in [6.45, 7) is 2.24. The Hall–Kier alpha value is -1.05. The maximum absolute atomic E-state index is 11.9. The van der Waals surface area contributed by atoms with Gasteiger partial charge >= 0.3 is 0 Å². The predicted octanol–water partition coefficient (Wildman–Crippen LogP) is 0.404. The van der Waals surface area contributed by atoms with E-state index in [-0.39, 0.29) is 15.6 Å². The van der Waals surface area contributed by atoms with E-state index in [9.17, 15) is 8.42 Å². The summed E-state index contributed by atoms with van der Waals surface area (Å²) in [5.74, 6) is 0. The molecule has 0 spiro atoms. The first-order valence-electron chi connectivity index (χ1n) is 4.73. The van der Waals surface area contributed by atoms with Crippen LogP contribution in [0.3, 0.4) is 0 Å². The number of aromatic nitrogens is 1. The average molecular weight is 259 g/mol. The van der Waals surface area contributed by atoms with E-state index < -0.39 is 10.0 Å². The molecule has 0 saturated carbocycles. The van der Waals surface area contributed by atoms with E-state index in [1.165, 1.54) is 18.3 Å². The zero-order chi connectivity index (χ0) is 12.2. The van der Waals surface area contributed by atoms with Crippen molar-refractivity contribution >= 4 is 27.2 Å². The molecule has 0 saturated heterocycles. The van der Waals surface area contributed by atoms with Crippen LogP contribution in [0.15, 0.2) is 23.2 Å². The predicted molar refractivity (Wildman–Crippen MR) is 65.6 cm³/mol. The number of hydrogen-bond acceptors (Lipinski definition) is 4. The van der Waals surface area contributed by atoms with Crippen LogP contribution in [-0.2, 0) is 10.0 Å². The molecule has 1 aromatic heterocycles. The van der Waals surface area contributed by atoms with Crippen molar-refractivity contribution in [3.8, 4) is 0 Å². The van der Waals surface area contributed by atoms with Gasteiger partial charge in [0.1, 0.15) is 15.6 Å². The second-order valence-corrected chi connectivity index (χ2v) is 5.29. The van der Waals surface area contributed by atoms with Gasteiger partial charge in [-0.2, -0.15) is 0 Å². The van der Waals surface area contributed by atoms with Crippen LogP contribution >= 0.6 is 12.2 Å². The molecule has 0 aliphatic carbocycles. The van der Waals surface area contributed by atoms with Gasteiger partial charge in [0.2, 0.25) is 10.0 Å². The fourth-order valence-corrected chi connectivity index (χ4v) is 2.64. The van der Waals surface area contributed by atoms with Crippen LogP contribution in [-0.4, -0.2) is 24.9 Å². The van der Waals surface area contributed by atoms with Gasteiger partial charge in [-0.25, -0.2) is 13.1 Å². The van der Waals surface area contributed by atoms with Gasteiger partial charge in [0, 0.05) is 12.7 Å². The summed E-state index contributed by atoms with van der Waals surface area (Å²) in [5, 5.41) is 0. The van der Waals surface area contributed by atoms with Crippen LogP contribution in [0.5, 0.6) is 0 Å². The van der Waals surface area contributed by atoms with Crippen molar-refractivity contribution in [3.05, 3.63) is 24.0 Å². The molecule has 0 aliphatic rings. The van der Waals surface area contributed by atoms with Crippen molar-refractivity contribution in [3.63, 3.8) is 0 Å². The lowest BCUT2D eigenvalue weighted by atomic mass is 10.3. The summed E-state index contributed by atoms with van der Waals surface area (Å²) < 4.78 is 26.1. The molecule has 0 aliphatic heterocycles. The lowest BCUT2D eigenvalue weighted by molar-refractivity contribution is 0.580. The summed E-state index contributed by atoms with van der Waals surface area (Å²) in [6.07, 6.45) is 2.16. The third kappa shape index (κ3) is 2.97. The molecular weight excluding hydrogens is 246 g/mol. The molecule has 1 rings (SSSR count). The van der Waals surface area contributed by atoms with Crippen molar-refractivity contribution in [2.24, 2.45) is 5.73 Å². The van der Waals surface area contributed by atoms with E-state index in [0.717, 1.165) is 0 Å². The SMILES string of the molecule is CCCNS(=O)(=O)c1cccnc1C(N)=S. The van der Waals surface area contributed by atoms with Gasteiger partial charge in [-0.1, -0.05) is 19.1 Å². The highest BCUT2D eigenvalue weighted by molar-refractivity contribution is 7.89. The molecule has 0 atom stereocenters. The number of thiocarbonyl (C=S) groups is 1. The third-order valence-electron chi connectivity index (χ3n) is 1.84. The standard InChI is InChI=1S/C9H13N3O2S2/c1-2-5-12-16(13,14)7-4-3-6-11-8(7)9(10)15/h3-4,6,12H,2,5H2,1H3,(H2,10,15). The van der Waals surface area contributed by atoms with Crippen molar-refractivity contribution in [1.82, 2.24) is 9.71 Å². The molecule has 16 heavy (non-hydrogen) atoms. The van der Waals surface area contributed by atoms with Crippen molar-refractivity contribution in [2.45, 2.75) is 18.2 Å². The highest BCUT2D eigenvalue weighted by Crippen LogP contribution is 2.12. The summed E-state index contributed by atoms with van der Waals surface area (Å²) in [5.41, 5.74) is 5.54. The molecule has 1 heterocycles. The zero-order valence-corrected chi connectivity index (χ0v) is 10.4. The molecule has 5 nitrogen and oxygen atoms in total. The molecule has 7 heteroatoms. The van der Waals surface area contributed by atoms with Gasteiger partial charge in [-0.3, -0.25) is 4.98 Å². The first kappa shape index (κ1) is 13.0. The molecule has 88 valence electrons. The van der Waals surface area contributed by atoms with Crippen molar-refractivity contribution in [1.29, 1.82) is 0 Å². The van der Waals surface area contributed by atoms with Gasteiger partial charge < -0.3 is 5.73 Å². The minimum absolute atomic E-state index is 0.0240. The lowest BCUT2D eigenvalue weighted by Gasteiger charge is -2.08. The highest BCUT2D eigenvalue weighted by Gasteiger charge is 2.19. The Labute approximate surface area is 100 Å². The van der Waals surface area contributed by atoms with Crippen molar-refractivity contribution in [2.75, 3.05) is 6.54 Å². The molecule has 3 N–H and O–H groups in total. The second kappa shape index (κ2) is 5.33. The van der Waals surface area contributed by atoms with Gasteiger partial charge in [0.15, 0.2) is 0 Å². The summed E-state index contributed by atoms with van der Waals surface area (Å²) in [4.78, 5) is 3.86. The molecule has 0 aromatic carbocycles. The number of nitrogens with two attached hydrogens (primary N) is 1. The number of pyridine rings is 1. The zero-order valence-electron chi connectivity index (χ0n) is 8.80. The maximum atomic E-state index is 11.9. The van der Waals surface area contributed by atoms with E-state index in [1.807, 2.05) is 6.92 Å². The molecular formula is C9H13N3O2S2. The average Bonchev–Trinajstić information content (AvgIpc) is 2.26. The Kier molecular flexibility index (Phi) is 4.34. The minimum atomic E-state index is -3.58. The maximum Gasteiger partial charge on any atom is 0.242 e. The normalized spacial score (nSPS) is 11.3. The quantitative estimate of drug-likeness (QED) is 0.748. The van der Waals surface area contributed by atoms with Gasteiger partial charge in [-0.15, -0.1) is 0 Å². The van der Waals surface area contributed by atoms with Gasteiger partial charge in [-0.05, 0) is 18.6 Å². The van der Waals surface area contributed by atoms with E-state index in [2.05, 4.69) is 9.71 Å². The van der Waals surface area contributed by atoms with Crippen LogP contribution in [0.1, 0.15) is 19.0 Å². The van der Waals surface area contributed by atoms with Crippen LogP contribution < -0.4 is 10.5 Å². The summed E-state index contributed by atoms with van der Waals surface area (Å²) >= 11 is 4.75. The Bertz CT molecular complexity index is 485. The second-order valence-electron chi connectivity index (χ2n) is 3.11. The number of sulfonamides is 1. The first-order valence-corrected chi connectivity index (χ1v) is 6.62. The topological polar surface area (TPSA) is 85.1 Å². The molecule has 0 radical (unpaired) electrons. The largest absolute Gasteiger partial charge is 0.388 e. The minimum Gasteiger partial charge on any atom is -0.388 e. The number of hydrogen-bond donors (Lipinski definition) is 2. The van der Waals surface area contributed by atoms with Crippen molar-refractivity contribution < 1.29 is 8.42 Å². The third-order valence-corrected chi connectivity index (χ3v) is 3.52. The van der Waals surface area contributed by atoms with Gasteiger partial charge in [0.25, 0.3) is 0 Å². The van der Waals surface area contributed by atoms with E-state index >= 15 is 0 Å². The highest BCUT2D eigenvalue weighted by atomic mass is 32.2.